The SMILES string of the molecule is CN(Cc1nccs1)C1CC12CCN(C(=O)c1cccn1C1CC1)CC2. The number of amides is 1. The molecular weight excluding hydrogens is 344 g/mol. The average Bonchev–Trinajstić information content (AvgIpc) is 3.49. The quantitative estimate of drug-likeness (QED) is 0.810. The zero-order chi connectivity index (χ0) is 17.7. The number of carbonyl (C=O) groups excluding carboxylic acids is 1. The van der Waals surface area contributed by atoms with Gasteiger partial charge in [0, 0.05) is 42.9 Å². The molecule has 1 amide bonds. The Bertz CT molecular complexity index is 787. The van der Waals surface area contributed by atoms with E-state index < -0.39 is 0 Å². The van der Waals surface area contributed by atoms with Crippen molar-refractivity contribution in [2.75, 3.05) is 20.1 Å². The van der Waals surface area contributed by atoms with Crippen molar-refractivity contribution >= 4 is 17.2 Å². The van der Waals surface area contributed by atoms with Crippen LogP contribution in [0.3, 0.4) is 0 Å². The zero-order valence-electron chi connectivity index (χ0n) is 15.3. The monoisotopic (exact) mass is 370 g/mol. The van der Waals surface area contributed by atoms with Gasteiger partial charge < -0.3 is 9.47 Å². The molecule has 0 N–H and O–H groups in total. The third kappa shape index (κ3) is 2.89. The lowest BCUT2D eigenvalue weighted by molar-refractivity contribution is 0.0646. The average molecular weight is 371 g/mol. The van der Waals surface area contributed by atoms with E-state index in [0.717, 1.165) is 38.2 Å². The predicted molar refractivity (Wildman–Crippen MR) is 102 cm³/mol. The largest absolute Gasteiger partial charge is 0.340 e. The standard InChI is InChI=1S/C20H26N4OS/c1-22(14-18-21-8-12-26-18)17-13-20(17)6-10-23(11-7-20)19(25)16-3-2-9-24(16)15-4-5-15/h2-3,8-9,12,15,17H,4-7,10-11,13-14H2,1H3. The molecule has 26 heavy (non-hydrogen) atoms. The Kier molecular flexibility index (Phi) is 3.94. The second-order valence-corrected chi connectivity index (χ2v) is 9.23. The van der Waals surface area contributed by atoms with E-state index in [1.165, 1.54) is 24.3 Å². The molecule has 1 unspecified atom stereocenters. The van der Waals surface area contributed by atoms with E-state index in [2.05, 4.69) is 32.6 Å². The van der Waals surface area contributed by atoms with Gasteiger partial charge in [0.2, 0.25) is 0 Å². The Morgan fingerprint density at radius 1 is 1.38 bits per heavy atom. The summed E-state index contributed by atoms with van der Waals surface area (Å²) in [4.78, 5) is 21.9. The van der Waals surface area contributed by atoms with Crippen LogP contribution in [0.5, 0.6) is 0 Å². The minimum absolute atomic E-state index is 0.227. The molecule has 1 aliphatic heterocycles. The summed E-state index contributed by atoms with van der Waals surface area (Å²) in [6, 6.07) is 5.22. The Morgan fingerprint density at radius 2 is 2.19 bits per heavy atom. The van der Waals surface area contributed by atoms with Gasteiger partial charge in [0.05, 0.1) is 6.54 Å². The van der Waals surface area contributed by atoms with E-state index in [4.69, 9.17) is 0 Å². The van der Waals surface area contributed by atoms with Crippen LogP contribution < -0.4 is 0 Å². The smallest absolute Gasteiger partial charge is 0.270 e. The Balaban J connectivity index is 1.19. The van der Waals surface area contributed by atoms with E-state index in [9.17, 15) is 4.79 Å². The Labute approximate surface area is 158 Å². The van der Waals surface area contributed by atoms with Crippen LogP contribution in [-0.2, 0) is 6.54 Å². The van der Waals surface area contributed by atoms with Crippen LogP contribution in [-0.4, -0.2) is 51.4 Å². The van der Waals surface area contributed by atoms with Crippen LogP contribution in [0.1, 0.15) is 53.6 Å². The summed E-state index contributed by atoms with van der Waals surface area (Å²) in [5.74, 6) is 0.227. The molecule has 5 rings (SSSR count). The van der Waals surface area contributed by atoms with Gasteiger partial charge in [0.15, 0.2) is 0 Å². The van der Waals surface area contributed by atoms with Gasteiger partial charge in [-0.25, -0.2) is 4.98 Å². The van der Waals surface area contributed by atoms with Gasteiger partial charge in [-0.15, -0.1) is 11.3 Å². The highest BCUT2D eigenvalue weighted by molar-refractivity contribution is 7.09. The summed E-state index contributed by atoms with van der Waals surface area (Å²) < 4.78 is 2.19. The number of likely N-dealkylation sites (tertiary alicyclic amines) is 1. The number of rotatable bonds is 5. The van der Waals surface area contributed by atoms with Crippen molar-refractivity contribution in [2.45, 2.75) is 50.7 Å². The van der Waals surface area contributed by atoms with Gasteiger partial charge in [-0.2, -0.15) is 0 Å². The van der Waals surface area contributed by atoms with E-state index in [1.807, 2.05) is 23.7 Å². The highest BCUT2D eigenvalue weighted by Crippen LogP contribution is 2.56. The van der Waals surface area contributed by atoms with Gasteiger partial charge in [0.25, 0.3) is 5.91 Å². The van der Waals surface area contributed by atoms with Crippen molar-refractivity contribution in [1.29, 1.82) is 0 Å². The van der Waals surface area contributed by atoms with Crippen LogP contribution in [0, 0.1) is 5.41 Å². The molecule has 3 heterocycles. The van der Waals surface area contributed by atoms with Crippen LogP contribution >= 0.6 is 11.3 Å². The summed E-state index contributed by atoms with van der Waals surface area (Å²) in [5.41, 5.74) is 1.32. The van der Waals surface area contributed by atoms with E-state index in [-0.39, 0.29) is 5.91 Å². The molecule has 138 valence electrons. The van der Waals surface area contributed by atoms with Crippen molar-refractivity contribution in [1.82, 2.24) is 19.4 Å². The summed E-state index contributed by atoms with van der Waals surface area (Å²) in [5, 5.41) is 3.25. The molecule has 0 radical (unpaired) electrons. The lowest BCUT2D eigenvalue weighted by atomic mass is 9.92. The number of hydrogen-bond acceptors (Lipinski definition) is 4. The van der Waals surface area contributed by atoms with Crippen molar-refractivity contribution in [3.05, 3.63) is 40.6 Å². The zero-order valence-corrected chi connectivity index (χ0v) is 16.1. The molecular formula is C20H26N4OS. The predicted octanol–water partition coefficient (Wildman–Crippen LogP) is 3.41. The molecule has 3 aliphatic rings. The summed E-state index contributed by atoms with van der Waals surface area (Å²) in [6.07, 6.45) is 9.93. The molecule has 0 aromatic carbocycles. The highest BCUT2D eigenvalue weighted by atomic mass is 32.1. The van der Waals surface area contributed by atoms with Crippen molar-refractivity contribution in [2.24, 2.45) is 5.41 Å². The first-order valence-corrected chi connectivity index (χ1v) is 10.6. The molecule has 3 fully saturated rings. The normalized spacial score (nSPS) is 24.4. The first-order chi connectivity index (χ1) is 12.7. The van der Waals surface area contributed by atoms with Crippen molar-refractivity contribution in [3.8, 4) is 0 Å². The van der Waals surface area contributed by atoms with Gasteiger partial charge in [-0.1, -0.05) is 0 Å². The lowest BCUT2D eigenvalue weighted by Crippen LogP contribution is -2.41. The van der Waals surface area contributed by atoms with Crippen LogP contribution in [0.15, 0.2) is 29.9 Å². The van der Waals surface area contributed by atoms with Crippen LogP contribution in [0.2, 0.25) is 0 Å². The second-order valence-electron chi connectivity index (χ2n) is 8.25. The van der Waals surface area contributed by atoms with Gasteiger partial charge in [-0.3, -0.25) is 9.69 Å². The lowest BCUT2D eigenvalue weighted by Gasteiger charge is -2.34. The maximum atomic E-state index is 13.0. The highest BCUT2D eigenvalue weighted by Gasteiger charge is 2.57. The molecule has 1 saturated heterocycles. The molecule has 0 bridgehead atoms. The molecule has 2 aromatic rings. The number of aromatic nitrogens is 2. The van der Waals surface area contributed by atoms with Gasteiger partial charge in [-0.05, 0) is 56.7 Å². The van der Waals surface area contributed by atoms with Crippen molar-refractivity contribution in [3.63, 3.8) is 0 Å². The number of carbonyl (C=O) groups is 1. The summed E-state index contributed by atoms with van der Waals surface area (Å²) >= 11 is 1.73. The summed E-state index contributed by atoms with van der Waals surface area (Å²) in [7, 11) is 2.22. The van der Waals surface area contributed by atoms with Gasteiger partial charge >= 0.3 is 0 Å². The molecule has 2 saturated carbocycles. The maximum Gasteiger partial charge on any atom is 0.270 e. The third-order valence-electron chi connectivity index (χ3n) is 6.53. The minimum Gasteiger partial charge on any atom is -0.340 e. The maximum absolute atomic E-state index is 13.0. The van der Waals surface area contributed by atoms with E-state index in [1.54, 1.807) is 11.3 Å². The fraction of sp³-hybridized carbons (Fsp3) is 0.600. The first kappa shape index (κ1) is 16.5. The fourth-order valence-electron chi connectivity index (χ4n) is 4.70. The number of piperidine rings is 1. The number of nitrogens with zero attached hydrogens (tertiary/aromatic N) is 4. The van der Waals surface area contributed by atoms with Crippen LogP contribution in [0.25, 0.3) is 0 Å². The topological polar surface area (TPSA) is 41.4 Å². The van der Waals surface area contributed by atoms with E-state index in [0.29, 0.717) is 17.5 Å². The molecule has 2 aliphatic carbocycles. The molecule has 1 spiro atoms. The third-order valence-corrected chi connectivity index (χ3v) is 7.30. The van der Waals surface area contributed by atoms with Crippen LogP contribution in [0.4, 0.5) is 0 Å². The minimum atomic E-state index is 0.227. The number of thiazole rings is 1. The number of hydrogen-bond donors (Lipinski definition) is 0. The molecule has 6 heteroatoms. The molecule has 2 aromatic heterocycles. The first-order valence-electron chi connectivity index (χ1n) is 9.71. The fourth-order valence-corrected chi connectivity index (χ4v) is 5.38. The molecule has 5 nitrogen and oxygen atoms in total. The Morgan fingerprint density at radius 3 is 2.88 bits per heavy atom. The van der Waals surface area contributed by atoms with Crippen molar-refractivity contribution < 1.29 is 4.79 Å². The summed E-state index contributed by atoms with van der Waals surface area (Å²) in [6.45, 7) is 2.74. The second kappa shape index (κ2) is 6.20. The Hall–Kier alpha value is -1.66. The van der Waals surface area contributed by atoms with Gasteiger partial charge in [0.1, 0.15) is 10.7 Å². The molecule has 1 atom stereocenters. The van der Waals surface area contributed by atoms with E-state index >= 15 is 0 Å².